The third kappa shape index (κ3) is 5.14. The minimum absolute atomic E-state index is 0.0298. The second kappa shape index (κ2) is 10.0. The Bertz CT molecular complexity index is 1350. The molecule has 0 saturated carbocycles. The van der Waals surface area contributed by atoms with Crippen LogP contribution in [0, 0.1) is 11.8 Å². The molecule has 0 radical (unpaired) electrons. The normalized spacial score (nSPS) is 15.3. The Kier molecular flexibility index (Phi) is 6.68. The average Bonchev–Trinajstić information content (AvgIpc) is 3.44. The van der Waals surface area contributed by atoms with Crippen molar-refractivity contribution in [1.29, 1.82) is 0 Å². The molecule has 5 rings (SSSR count). The van der Waals surface area contributed by atoms with Crippen LogP contribution in [-0.4, -0.2) is 39.5 Å². The number of hydrogen-bond donors (Lipinski definition) is 2. The van der Waals surface area contributed by atoms with Gasteiger partial charge in [0.15, 0.2) is 0 Å². The van der Waals surface area contributed by atoms with Crippen molar-refractivity contribution in [3.63, 3.8) is 0 Å². The topological polar surface area (TPSA) is 110 Å². The van der Waals surface area contributed by atoms with Crippen LogP contribution in [-0.2, 0) is 24.1 Å². The number of aromatic nitrogens is 3. The number of nitrogens with zero attached hydrogens (tertiary/aromatic N) is 3. The van der Waals surface area contributed by atoms with E-state index in [0.29, 0.717) is 42.6 Å². The van der Waals surface area contributed by atoms with Crippen molar-refractivity contribution < 1.29 is 19.2 Å². The van der Waals surface area contributed by atoms with Gasteiger partial charge in [0, 0.05) is 34.2 Å². The summed E-state index contributed by atoms with van der Waals surface area (Å²) in [6.07, 6.45) is 3.12. The molecule has 1 aliphatic rings. The molecule has 182 valence electrons. The first-order valence-corrected chi connectivity index (χ1v) is 12.7. The molecule has 0 spiro atoms. The van der Waals surface area contributed by atoms with Crippen LogP contribution >= 0.6 is 11.3 Å². The Hall–Kier alpha value is -3.46. The van der Waals surface area contributed by atoms with Crippen molar-refractivity contribution in [2.24, 2.45) is 11.8 Å². The molecule has 3 heterocycles. The SMILES string of the molecule is CC(C)Cc1cc(OCCNC(=O)C2CCc3sc4nnc(-c5ccccc5O)cc4c3C2)no1. The van der Waals surface area contributed by atoms with Gasteiger partial charge >= 0.3 is 0 Å². The molecule has 0 saturated heterocycles. The Balaban J connectivity index is 1.21. The molecule has 0 fully saturated rings. The fourth-order valence-electron chi connectivity index (χ4n) is 4.46. The van der Waals surface area contributed by atoms with E-state index in [0.717, 1.165) is 35.2 Å². The summed E-state index contributed by atoms with van der Waals surface area (Å²) in [5.41, 5.74) is 2.44. The van der Waals surface area contributed by atoms with Gasteiger partial charge in [0.2, 0.25) is 5.91 Å². The van der Waals surface area contributed by atoms with Crippen molar-refractivity contribution in [3.8, 4) is 22.9 Å². The minimum Gasteiger partial charge on any atom is -0.507 e. The number of thiophene rings is 1. The summed E-state index contributed by atoms with van der Waals surface area (Å²) in [7, 11) is 0. The summed E-state index contributed by atoms with van der Waals surface area (Å²) >= 11 is 1.64. The molecule has 9 heteroatoms. The van der Waals surface area contributed by atoms with Crippen LogP contribution in [0.5, 0.6) is 11.6 Å². The van der Waals surface area contributed by atoms with E-state index in [-0.39, 0.29) is 17.6 Å². The number of ether oxygens (including phenoxy) is 1. The quantitative estimate of drug-likeness (QED) is 0.347. The Labute approximate surface area is 207 Å². The number of aromatic hydroxyl groups is 1. The van der Waals surface area contributed by atoms with Crippen molar-refractivity contribution in [1.82, 2.24) is 20.7 Å². The van der Waals surface area contributed by atoms with Crippen LogP contribution in [0.25, 0.3) is 21.5 Å². The summed E-state index contributed by atoms with van der Waals surface area (Å²) in [6.45, 7) is 4.97. The fraction of sp³-hybridized carbons (Fsp3) is 0.385. The average molecular weight is 493 g/mol. The van der Waals surface area contributed by atoms with Gasteiger partial charge in [-0.1, -0.05) is 26.0 Å². The third-order valence-corrected chi connectivity index (χ3v) is 7.35. The first-order valence-electron chi connectivity index (χ1n) is 11.9. The molecule has 2 N–H and O–H groups in total. The molecule has 1 unspecified atom stereocenters. The van der Waals surface area contributed by atoms with Crippen molar-refractivity contribution in [3.05, 3.63) is 52.6 Å². The van der Waals surface area contributed by atoms with Gasteiger partial charge in [-0.05, 0) is 54.1 Å². The smallest absolute Gasteiger partial charge is 0.254 e. The number of aryl methyl sites for hydroxylation is 1. The number of phenols is 1. The summed E-state index contributed by atoms with van der Waals surface area (Å²) in [4.78, 5) is 15.0. The number of carbonyl (C=O) groups excluding carboxylic acids is 1. The Morgan fingerprint density at radius 3 is 2.97 bits per heavy atom. The maximum atomic E-state index is 12.9. The third-order valence-electron chi connectivity index (χ3n) is 6.16. The van der Waals surface area contributed by atoms with Crippen molar-refractivity contribution >= 4 is 27.5 Å². The molecule has 4 aromatic rings. The number of rotatable bonds is 8. The van der Waals surface area contributed by atoms with Gasteiger partial charge in [0.25, 0.3) is 5.88 Å². The van der Waals surface area contributed by atoms with Gasteiger partial charge < -0.3 is 19.7 Å². The molecular formula is C26H28N4O4S. The van der Waals surface area contributed by atoms with Crippen LogP contribution in [0.2, 0.25) is 0 Å². The molecule has 3 aromatic heterocycles. The van der Waals surface area contributed by atoms with Gasteiger partial charge in [-0.25, -0.2) is 0 Å². The number of fused-ring (bicyclic) bond motifs is 3. The van der Waals surface area contributed by atoms with Crippen LogP contribution in [0.4, 0.5) is 0 Å². The van der Waals surface area contributed by atoms with Crippen LogP contribution < -0.4 is 10.1 Å². The zero-order valence-electron chi connectivity index (χ0n) is 19.8. The van der Waals surface area contributed by atoms with E-state index in [2.05, 4.69) is 34.5 Å². The number of para-hydroxylation sites is 1. The molecule has 35 heavy (non-hydrogen) atoms. The van der Waals surface area contributed by atoms with Gasteiger partial charge in [0.05, 0.1) is 12.2 Å². The number of benzene rings is 1. The van der Waals surface area contributed by atoms with E-state index in [9.17, 15) is 9.90 Å². The van der Waals surface area contributed by atoms with Gasteiger partial charge in [-0.3, -0.25) is 4.79 Å². The molecule has 1 aromatic carbocycles. The largest absolute Gasteiger partial charge is 0.507 e. The highest BCUT2D eigenvalue weighted by molar-refractivity contribution is 7.18. The maximum Gasteiger partial charge on any atom is 0.254 e. The molecule has 0 bridgehead atoms. The van der Waals surface area contributed by atoms with E-state index in [1.807, 2.05) is 18.2 Å². The molecule has 0 aliphatic heterocycles. The van der Waals surface area contributed by atoms with E-state index in [4.69, 9.17) is 9.26 Å². The second-order valence-corrected chi connectivity index (χ2v) is 10.4. The van der Waals surface area contributed by atoms with E-state index < -0.39 is 0 Å². The second-order valence-electron chi connectivity index (χ2n) is 9.28. The highest BCUT2D eigenvalue weighted by atomic mass is 32.1. The Morgan fingerprint density at radius 2 is 2.14 bits per heavy atom. The van der Waals surface area contributed by atoms with Gasteiger partial charge in [-0.15, -0.1) is 21.5 Å². The van der Waals surface area contributed by atoms with Crippen molar-refractivity contribution in [2.75, 3.05) is 13.2 Å². The highest BCUT2D eigenvalue weighted by Crippen LogP contribution is 2.39. The van der Waals surface area contributed by atoms with Gasteiger partial charge in [0.1, 0.15) is 22.9 Å². The van der Waals surface area contributed by atoms with E-state index >= 15 is 0 Å². The van der Waals surface area contributed by atoms with Crippen LogP contribution in [0.3, 0.4) is 0 Å². The fourth-order valence-corrected chi connectivity index (χ4v) is 5.60. The van der Waals surface area contributed by atoms with Crippen LogP contribution in [0.15, 0.2) is 40.9 Å². The first kappa shape index (κ1) is 23.3. The standard InChI is InChI=1S/C26H28N4O4S/c1-15(2)11-17-13-24(30-34-17)33-10-9-27-25(32)16-7-8-23-19(12-16)20-14-21(28-29-26(20)35-23)18-5-3-4-6-22(18)31/h3-6,13-16,31H,7-12H2,1-2H3,(H,27,32). The molecule has 1 atom stereocenters. The number of hydrogen-bond acceptors (Lipinski definition) is 8. The monoisotopic (exact) mass is 492 g/mol. The summed E-state index contributed by atoms with van der Waals surface area (Å²) < 4.78 is 10.9. The number of carbonyl (C=O) groups is 1. The molecule has 1 amide bonds. The maximum absolute atomic E-state index is 12.9. The van der Waals surface area contributed by atoms with Crippen molar-refractivity contribution in [2.45, 2.75) is 39.5 Å². The predicted octanol–water partition coefficient (Wildman–Crippen LogP) is 4.55. The number of phenolic OH excluding ortho intramolecular Hbond substituents is 1. The van der Waals surface area contributed by atoms with E-state index in [1.165, 1.54) is 10.4 Å². The van der Waals surface area contributed by atoms with E-state index in [1.54, 1.807) is 29.5 Å². The first-order chi connectivity index (χ1) is 17.0. The minimum atomic E-state index is -0.105. The molecular weight excluding hydrogens is 464 g/mol. The predicted molar refractivity (Wildman–Crippen MR) is 134 cm³/mol. The zero-order valence-corrected chi connectivity index (χ0v) is 20.6. The van der Waals surface area contributed by atoms with Crippen LogP contribution in [0.1, 0.15) is 36.5 Å². The number of nitrogens with one attached hydrogen (secondary N) is 1. The highest BCUT2D eigenvalue weighted by Gasteiger charge is 2.28. The lowest BCUT2D eigenvalue weighted by Crippen LogP contribution is -2.36. The summed E-state index contributed by atoms with van der Waals surface area (Å²) in [5, 5.41) is 26.9. The lowest BCUT2D eigenvalue weighted by Gasteiger charge is -2.21. The Morgan fingerprint density at radius 1 is 1.29 bits per heavy atom. The lowest BCUT2D eigenvalue weighted by atomic mass is 9.86. The lowest BCUT2D eigenvalue weighted by molar-refractivity contribution is -0.125. The summed E-state index contributed by atoms with van der Waals surface area (Å²) in [6, 6.07) is 10.9. The number of amides is 1. The zero-order chi connectivity index (χ0) is 24.4. The molecule has 1 aliphatic carbocycles. The van der Waals surface area contributed by atoms with Gasteiger partial charge in [-0.2, -0.15) is 0 Å². The molecule has 8 nitrogen and oxygen atoms in total. The summed E-state index contributed by atoms with van der Waals surface area (Å²) in [5.74, 6) is 1.83.